The van der Waals surface area contributed by atoms with Gasteiger partial charge in [-0.25, -0.2) is 4.79 Å². The zero-order chi connectivity index (χ0) is 20.9. The molecule has 4 rings (SSSR count). The van der Waals surface area contributed by atoms with Crippen molar-refractivity contribution < 1.29 is 19.3 Å². The van der Waals surface area contributed by atoms with Gasteiger partial charge in [-0.15, -0.1) is 0 Å². The lowest BCUT2D eigenvalue weighted by atomic mass is 9.67. The first-order valence-corrected chi connectivity index (χ1v) is 9.69. The van der Waals surface area contributed by atoms with Crippen LogP contribution in [0, 0.1) is 15.5 Å². The molecular weight excluding hydrogens is 378 g/mol. The Balaban J connectivity index is 1.88. The summed E-state index contributed by atoms with van der Waals surface area (Å²) in [5, 5.41) is 13.6. The Morgan fingerprint density at radius 3 is 2.72 bits per heavy atom. The van der Waals surface area contributed by atoms with Crippen molar-refractivity contribution in [1.29, 1.82) is 0 Å². The van der Waals surface area contributed by atoms with Gasteiger partial charge >= 0.3 is 6.03 Å². The van der Waals surface area contributed by atoms with Gasteiger partial charge in [-0.05, 0) is 25.1 Å². The Labute approximate surface area is 167 Å². The quantitative estimate of drug-likeness (QED) is 0.451. The second kappa shape index (κ2) is 6.80. The largest absolute Gasteiger partial charge is 0.364 e. The van der Waals surface area contributed by atoms with E-state index >= 15 is 0 Å². The number of nitrogens with one attached hydrogen (secondary N) is 1. The number of fused-ring (bicyclic) bond motifs is 4. The highest BCUT2D eigenvalue weighted by molar-refractivity contribution is 6.20. The molecule has 2 saturated heterocycles. The Kier molecular flexibility index (Phi) is 4.53. The van der Waals surface area contributed by atoms with Crippen LogP contribution in [-0.4, -0.2) is 71.8 Å². The first-order valence-electron chi connectivity index (χ1n) is 9.69. The predicted molar refractivity (Wildman–Crippen MR) is 103 cm³/mol. The summed E-state index contributed by atoms with van der Waals surface area (Å²) in [6.45, 7) is 3.85. The molecule has 0 radical (unpaired) electrons. The lowest BCUT2D eigenvalue weighted by Crippen LogP contribution is -2.75. The zero-order valence-electron chi connectivity index (χ0n) is 16.4. The van der Waals surface area contributed by atoms with E-state index < -0.39 is 34.2 Å². The third kappa shape index (κ3) is 2.78. The van der Waals surface area contributed by atoms with E-state index in [2.05, 4.69) is 10.2 Å². The van der Waals surface area contributed by atoms with E-state index in [9.17, 15) is 24.5 Å². The average molecular weight is 401 g/mol. The molecule has 154 valence electrons. The molecule has 3 heterocycles. The number of imide groups is 2. The molecule has 0 bridgehead atoms. The second-order valence-corrected chi connectivity index (χ2v) is 7.91. The zero-order valence-corrected chi connectivity index (χ0v) is 16.4. The summed E-state index contributed by atoms with van der Waals surface area (Å²) in [4.78, 5) is 55.0. The molecule has 4 amide bonds. The molecule has 10 heteroatoms. The van der Waals surface area contributed by atoms with Crippen LogP contribution in [0.1, 0.15) is 18.9 Å². The van der Waals surface area contributed by atoms with E-state index in [-0.39, 0.29) is 18.7 Å². The molecule has 1 spiro atoms. The minimum absolute atomic E-state index is 0.0250. The highest BCUT2D eigenvalue weighted by Gasteiger charge is 2.62. The topological polar surface area (TPSA) is 116 Å². The van der Waals surface area contributed by atoms with Crippen molar-refractivity contribution in [3.8, 4) is 0 Å². The number of barbiturate groups is 1. The Morgan fingerprint density at radius 1 is 1.28 bits per heavy atom. The molecule has 0 saturated carbocycles. The van der Waals surface area contributed by atoms with Crippen LogP contribution in [0.15, 0.2) is 18.2 Å². The van der Waals surface area contributed by atoms with Gasteiger partial charge in [0.2, 0.25) is 11.8 Å². The molecule has 0 aliphatic carbocycles. The van der Waals surface area contributed by atoms with E-state index in [1.807, 2.05) is 18.9 Å². The standard InChI is InChI=1S/C19H23N5O5/c1-3-6-23-17(26)19(16(25)20-18(23)27)10-12-9-13(24(28)29)4-5-14(12)22-8-7-21(2)11-15(19)22/h4-5,9,15H,3,6-8,10-11H2,1-2H3,(H,20,25,27). The number of nitro groups is 1. The van der Waals surface area contributed by atoms with Gasteiger partial charge in [0.15, 0.2) is 5.41 Å². The molecule has 2 unspecified atom stereocenters. The lowest BCUT2D eigenvalue weighted by Gasteiger charge is -2.55. The maximum absolute atomic E-state index is 13.6. The number of benzene rings is 1. The summed E-state index contributed by atoms with van der Waals surface area (Å²) in [6, 6.07) is 3.41. The fourth-order valence-electron chi connectivity index (χ4n) is 4.74. The Morgan fingerprint density at radius 2 is 2.03 bits per heavy atom. The monoisotopic (exact) mass is 401 g/mol. The van der Waals surface area contributed by atoms with Crippen LogP contribution < -0.4 is 10.2 Å². The maximum atomic E-state index is 13.6. The molecule has 0 aromatic heterocycles. The van der Waals surface area contributed by atoms with E-state index in [0.717, 1.165) is 17.1 Å². The summed E-state index contributed by atoms with van der Waals surface area (Å²) in [5.41, 5.74) is -0.204. The number of nitro benzene ring substituents is 1. The van der Waals surface area contributed by atoms with Crippen LogP contribution in [0.25, 0.3) is 0 Å². The molecule has 1 N–H and O–H groups in total. The fraction of sp³-hybridized carbons (Fsp3) is 0.526. The first kappa shape index (κ1) is 19.3. The van der Waals surface area contributed by atoms with Gasteiger partial charge < -0.3 is 9.80 Å². The van der Waals surface area contributed by atoms with Gasteiger partial charge in [-0.1, -0.05) is 6.92 Å². The van der Waals surface area contributed by atoms with Crippen LogP contribution >= 0.6 is 0 Å². The number of amides is 4. The van der Waals surface area contributed by atoms with E-state index in [4.69, 9.17) is 0 Å². The first-order chi connectivity index (χ1) is 13.8. The minimum atomic E-state index is -1.50. The van der Waals surface area contributed by atoms with Crippen LogP contribution in [0.3, 0.4) is 0 Å². The molecule has 29 heavy (non-hydrogen) atoms. The van der Waals surface area contributed by atoms with E-state index in [0.29, 0.717) is 25.1 Å². The van der Waals surface area contributed by atoms with Crippen molar-refractivity contribution in [1.82, 2.24) is 15.1 Å². The SMILES string of the molecule is CCCN1C(=O)NC(=O)C2(Cc3cc([N+](=O)[O-])ccc3N3CCN(C)CC32)C1=O. The van der Waals surface area contributed by atoms with Gasteiger partial charge in [0.1, 0.15) is 0 Å². The molecule has 1 aromatic carbocycles. The molecule has 10 nitrogen and oxygen atoms in total. The molecule has 1 aromatic rings. The van der Waals surface area contributed by atoms with Crippen molar-refractivity contribution in [2.75, 3.05) is 38.1 Å². The Hall–Kier alpha value is -3.01. The number of hydrogen-bond acceptors (Lipinski definition) is 7. The summed E-state index contributed by atoms with van der Waals surface area (Å²) in [5.74, 6) is -1.14. The van der Waals surface area contributed by atoms with Gasteiger partial charge in [0.05, 0.1) is 11.0 Å². The number of nitrogens with zero attached hydrogens (tertiary/aromatic N) is 4. The van der Waals surface area contributed by atoms with Crippen molar-refractivity contribution in [2.45, 2.75) is 25.8 Å². The normalized spacial score (nSPS) is 27.0. The molecular formula is C19H23N5O5. The molecule has 3 aliphatic heterocycles. The summed E-state index contributed by atoms with van der Waals surface area (Å²) >= 11 is 0. The number of non-ortho nitro benzene ring substituents is 1. The second-order valence-electron chi connectivity index (χ2n) is 7.91. The average Bonchev–Trinajstić information content (AvgIpc) is 2.68. The van der Waals surface area contributed by atoms with Crippen LogP contribution in [0.5, 0.6) is 0 Å². The van der Waals surface area contributed by atoms with Gasteiger partial charge in [-0.2, -0.15) is 0 Å². The number of likely N-dealkylation sites (N-methyl/N-ethyl adjacent to an activating group) is 1. The smallest absolute Gasteiger partial charge is 0.330 e. The highest BCUT2D eigenvalue weighted by Crippen LogP contribution is 2.46. The number of carbonyl (C=O) groups is 3. The summed E-state index contributed by atoms with van der Waals surface area (Å²) in [7, 11) is 1.93. The summed E-state index contributed by atoms with van der Waals surface area (Å²) in [6.07, 6.45) is 0.594. The van der Waals surface area contributed by atoms with Crippen molar-refractivity contribution >= 4 is 29.2 Å². The number of anilines is 1. The van der Waals surface area contributed by atoms with Gasteiger partial charge in [-0.3, -0.25) is 29.9 Å². The summed E-state index contributed by atoms with van der Waals surface area (Å²) < 4.78 is 0. The van der Waals surface area contributed by atoms with Crippen molar-refractivity contribution in [3.63, 3.8) is 0 Å². The van der Waals surface area contributed by atoms with Crippen LogP contribution in [-0.2, 0) is 16.0 Å². The van der Waals surface area contributed by atoms with Crippen molar-refractivity contribution in [3.05, 3.63) is 33.9 Å². The lowest BCUT2D eigenvalue weighted by molar-refractivity contribution is -0.384. The molecule has 2 fully saturated rings. The Bertz CT molecular complexity index is 918. The molecule has 2 atom stereocenters. The molecule has 3 aliphatic rings. The number of urea groups is 1. The van der Waals surface area contributed by atoms with Gasteiger partial charge in [0.25, 0.3) is 5.69 Å². The number of hydrogen-bond donors (Lipinski definition) is 1. The van der Waals surface area contributed by atoms with Crippen LogP contribution in [0.2, 0.25) is 0 Å². The third-order valence-corrected chi connectivity index (χ3v) is 6.15. The van der Waals surface area contributed by atoms with E-state index in [1.54, 1.807) is 6.07 Å². The predicted octanol–water partition coefficient (Wildman–Crippen LogP) is 0.746. The number of piperazine rings is 1. The maximum Gasteiger partial charge on any atom is 0.330 e. The number of rotatable bonds is 3. The number of carbonyl (C=O) groups excluding carboxylic acids is 3. The van der Waals surface area contributed by atoms with Crippen molar-refractivity contribution in [2.24, 2.45) is 5.41 Å². The minimum Gasteiger partial charge on any atom is -0.364 e. The third-order valence-electron chi connectivity index (χ3n) is 6.15. The highest BCUT2D eigenvalue weighted by atomic mass is 16.6. The van der Waals surface area contributed by atoms with Crippen LogP contribution in [0.4, 0.5) is 16.2 Å². The van der Waals surface area contributed by atoms with Gasteiger partial charge in [0, 0.05) is 50.4 Å². The fourth-order valence-corrected chi connectivity index (χ4v) is 4.74. The van der Waals surface area contributed by atoms with E-state index in [1.165, 1.54) is 12.1 Å².